The van der Waals surface area contributed by atoms with Crippen LogP contribution in [0.1, 0.15) is 41.0 Å². The predicted molar refractivity (Wildman–Crippen MR) is 80.9 cm³/mol. The van der Waals surface area contributed by atoms with Crippen molar-refractivity contribution in [2.45, 2.75) is 26.3 Å². The van der Waals surface area contributed by atoms with Crippen molar-refractivity contribution in [3.8, 4) is 0 Å². The Balaban J connectivity index is 2.04. The van der Waals surface area contributed by atoms with Crippen LogP contribution in [0.5, 0.6) is 0 Å². The Morgan fingerprint density at radius 2 is 2.05 bits per heavy atom. The van der Waals surface area contributed by atoms with Gasteiger partial charge in [0.05, 0.1) is 17.2 Å². The van der Waals surface area contributed by atoms with E-state index in [0.717, 1.165) is 17.9 Å². The highest BCUT2D eigenvalue weighted by Gasteiger charge is 2.47. The average molecular weight is 290 g/mol. The molecule has 4 nitrogen and oxygen atoms in total. The first-order valence-electron chi connectivity index (χ1n) is 6.77. The van der Waals surface area contributed by atoms with Crippen molar-refractivity contribution >= 4 is 29.3 Å². The molecule has 0 aromatic heterocycles. The van der Waals surface area contributed by atoms with Gasteiger partial charge in [-0.15, -0.1) is 0 Å². The minimum atomic E-state index is -0.233. The number of carbonyl (C=O) groups is 2. The summed E-state index contributed by atoms with van der Waals surface area (Å²) in [5, 5.41) is 0. The summed E-state index contributed by atoms with van der Waals surface area (Å²) in [6, 6.07) is 5.03. The van der Waals surface area contributed by atoms with Gasteiger partial charge in [0.25, 0.3) is 11.8 Å². The van der Waals surface area contributed by atoms with Gasteiger partial charge in [0.15, 0.2) is 0 Å². The Hall–Kier alpha value is -1.49. The van der Waals surface area contributed by atoms with Gasteiger partial charge in [-0.3, -0.25) is 14.5 Å². The van der Waals surface area contributed by atoms with Crippen LogP contribution >= 0.6 is 11.8 Å². The van der Waals surface area contributed by atoms with Crippen LogP contribution in [0, 0.1) is 5.41 Å². The highest BCUT2D eigenvalue weighted by molar-refractivity contribution is 7.99. The Morgan fingerprint density at radius 3 is 2.70 bits per heavy atom. The third-order valence-electron chi connectivity index (χ3n) is 4.36. The molecule has 0 bridgehead atoms. The van der Waals surface area contributed by atoms with Gasteiger partial charge in [-0.1, -0.05) is 19.9 Å². The van der Waals surface area contributed by atoms with Crippen molar-refractivity contribution in [1.82, 2.24) is 4.90 Å². The quantitative estimate of drug-likeness (QED) is 0.637. The summed E-state index contributed by atoms with van der Waals surface area (Å²) < 4.78 is 0. The summed E-state index contributed by atoms with van der Waals surface area (Å²) in [5.74, 6) is 1.45. The molecule has 2 N–H and O–H groups in total. The summed E-state index contributed by atoms with van der Waals surface area (Å²) in [5.41, 5.74) is 7.05. The van der Waals surface area contributed by atoms with E-state index >= 15 is 0 Å². The average Bonchev–Trinajstić information content (AvgIpc) is 2.63. The number of amides is 2. The molecule has 0 saturated carbocycles. The van der Waals surface area contributed by atoms with Crippen LogP contribution < -0.4 is 5.73 Å². The molecule has 1 aromatic carbocycles. The van der Waals surface area contributed by atoms with Crippen molar-refractivity contribution in [3.63, 3.8) is 0 Å². The summed E-state index contributed by atoms with van der Waals surface area (Å²) in [4.78, 5) is 26.7. The number of fused-ring (bicyclic) bond motifs is 1. The van der Waals surface area contributed by atoms with E-state index in [4.69, 9.17) is 5.73 Å². The zero-order valence-electron chi connectivity index (χ0n) is 11.7. The molecule has 2 heterocycles. The first kappa shape index (κ1) is 13.5. The molecule has 1 atom stereocenters. The highest BCUT2D eigenvalue weighted by atomic mass is 32.2. The summed E-state index contributed by atoms with van der Waals surface area (Å²) >= 11 is 1.80. The molecule has 106 valence electrons. The lowest BCUT2D eigenvalue weighted by Crippen LogP contribution is -2.51. The van der Waals surface area contributed by atoms with Gasteiger partial charge in [0.1, 0.15) is 0 Å². The Labute approximate surface area is 122 Å². The lowest BCUT2D eigenvalue weighted by Gasteiger charge is -2.42. The van der Waals surface area contributed by atoms with Crippen molar-refractivity contribution in [3.05, 3.63) is 29.3 Å². The van der Waals surface area contributed by atoms with Gasteiger partial charge in [-0.25, -0.2) is 0 Å². The number of hydrogen-bond donors (Lipinski definition) is 1. The van der Waals surface area contributed by atoms with Crippen molar-refractivity contribution in [2.24, 2.45) is 5.41 Å². The second-order valence-corrected chi connectivity index (χ2v) is 7.23. The second-order valence-electron chi connectivity index (χ2n) is 6.08. The Morgan fingerprint density at radius 1 is 1.30 bits per heavy atom. The lowest BCUT2D eigenvalue weighted by molar-refractivity contribution is 0.0460. The molecule has 2 aliphatic heterocycles. The molecule has 1 unspecified atom stereocenters. The number of nitrogens with two attached hydrogens (primary N) is 1. The van der Waals surface area contributed by atoms with Gasteiger partial charge in [-0.2, -0.15) is 11.8 Å². The maximum absolute atomic E-state index is 12.6. The summed E-state index contributed by atoms with van der Waals surface area (Å²) in [6.45, 7) is 4.26. The predicted octanol–water partition coefficient (Wildman–Crippen LogP) is 2.40. The largest absolute Gasteiger partial charge is 0.398 e. The second kappa shape index (κ2) is 4.52. The fraction of sp³-hybridized carbons (Fsp3) is 0.467. The van der Waals surface area contributed by atoms with Crippen LogP contribution in [0.15, 0.2) is 18.2 Å². The van der Waals surface area contributed by atoms with Crippen LogP contribution in [0.4, 0.5) is 5.69 Å². The molecule has 2 aliphatic rings. The third-order valence-corrected chi connectivity index (χ3v) is 5.40. The van der Waals surface area contributed by atoms with E-state index in [1.54, 1.807) is 30.0 Å². The van der Waals surface area contributed by atoms with E-state index in [2.05, 4.69) is 13.8 Å². The van der Waals surface area contributed by atoms with Crippen molar-refractivity contribution in [1.29, 1.82) is 0 Å². The molecule has 0 aliphatic carbocycles. The zero-order valence-corrected chi connectivity index (χ0v) is 12.5. The minimum Gasteiger partial charge on any atom is -0.398 e. The lowest BCUT2D eigenvalue weighted by atomic mass is 9.81. The molecule has 3 rings (SSSR count). The molecule has 1 aromatic rings. The van der Waals surface area contributed by atoms with Gasteiger partial charge >= 0.3 is 0 Å². The van der Waals surface area contributed by atoms with E-state index in [1.807, 2.05) is 0 Å². The van der Waals surface area contributed by atoms with E-state index in [0.29, 0.717) is 16.8 Å². The normalized spacial score (nSPS) is 24.9. The van der Waals surface area contributed by atoms with Crippen LogP contribution in [0.3, 0.4) is 0 Å². The number of thioether (sulfide) groups is 1. The van der Waals surface area contributed by atoms with Crippen LogP contribution in [0.2, 0.25) is 0 Å². The van der Waals surface area contributed by atoms with Gasteiger partial charge in [-0.05, 0) is 29.7 Å². The van der Waals surface area contributed by atoms with Crippen molar-refractivity contribution in [2.75, 3.05) is 17.2 Å². The highest BCUT2D eigenvalue weighted by Crippen LogP contribution is 2.41. The molecule has 0 radical (unpaired) electrons. The van der Waals surface area contributed by atoms with E-state index in [-0.39, 0.29) is 23.3 Å². The summed E-state index contributed by atoms with van der Waals surface area (Å²) in [7, 11) is 0. The number of imide groups is 1. The first-order valence-corrected chi connectivity index (χ1v) is 7.93. The fourth-order valence-corrected chi connectivity index (χ4v) is 4.62. The monoisotopic (exact) mass is 290 g/mol. The molecular formula is C15H18N2O2S. The molecular weight excluding hydrogens is 272 g/mol. The van der Waals surface area contributed by atoms with Crippen LogP contribution in [-0.4, -0.2) is 34.3 Å². The molecule has 1 fully saturated rings. The van der Waals surface area contributed by atoms with Crippen LogP contribution in [-0.2, 0) is 0 Å². The fourth-order valence-electron chi connectivity index (χ4n) is 2.96. The maximum atomic E-state index is 12.6. The maximum Gasteiger partial charge on any atom is 0.263 e. The topological polar surface area (TPSA) is 63.4 Å². The molecule has 2 amide bonds. The van der Waals surface area contributed by atoms with E-state index in [1.165, 1.54) is 4.90 Å². The standard InChI is InChI=1S/C15H18N2O2S/c1-15(2)6-7-20-8-11(15)17-13(18)9-4-3-5-10(16)12(9)14(17)19/h3-5,11H,6-8,16H2,1-2H3. The number of benzene rings is 1. The van der Waals surface area contributed by atoms with Gasteiger partial charge in [0.2, 0.25) is 0 Å². The minimum absolute atomic E-state index is 0.0482. The van der Waals surface area contributed by atoms with E-state index in [9.17, 15) is 9.59 Å². The zero-order chi connectivity index (χ0) is 14.5. The smallest absolute Gasteiger partial charge is 0.263 e. The van der Waals surface area contributed by atoms with Gasteiger partial charge in [0, 0.05) is 11.4 Å². The Bertz CT molecular complexity index is 598. The number of carbonyl (C=O) groups excluding carboxylic acids is 2. The molecule has 0 spiro atoms. The van der Waals surface area contributed by atoms with Gasteiger partial charge < -0.3 is 5.73 Å². The summed E-state index contributed by atoms with van der Waals surface area (Å²) in [6.07, 6.45) is 1.01. The molecule has 20 heavy (non-hydrogen) atoms. The Kier molecular flexibility index (Phi) is 3.05. The number of nitrogen functional groups attached to an aromatic ring is 1. The van der Waals surface area contributed by atoms with Crippen LogP contribution in [0.25, 0.3) is 0 Å². The molecule has 5 heteroatoms. The number of anilines is 1. The SMILES string of the molecule is CC1(C)CCSCC1N1C(=O)c2cccc(N)c2C1=O. The van der Waals surface area contributed by atoms with Crippen molar-refractivity contribution < 1.29 is 9.59 Å². The van der Waals surface area contributed by atoms with E-state index < -0.39 is 0 Å². The number of hydrogen-bond acceptors (Lipinski definition) is 4. The molecule has 1 saturated heterocycles. The first-order chi connectivity index (χ1) is 9.43. The number of rotatable bonds is 1. The number of nitrogens with zero attached hydrogens (tertiary/aromatic N) is 1. The third kappa shape index (κ3) is 1.84.